The molecule has 4 heteroatoms. The molecule has 0 saturated carbocycles. The van der Waals surface area contributed by atoms with Gasteiger partial charge >= 0.3 is 0 Å². The fraction of sp³-hybridized carbons (Fsp3) is 0.333. The topological polar surface area (TPSA) is 49.8 Å². The Morgan fingerprint density at radius 1 is 1.30 bits per heavy atom. The first kappa shape index (κ1) is 6.80. The summed E-state index contributed by atoms with van der Waals surface area (Å²) in [6.07, 6.45) is 1.65. The van der Waals surface area contributed by atoms with Crippen molar-refractivity contribution in [1.82, 2.24) is 10.2 Å². The quantitative estimate of drug-likeness (QED) is 0.627. The molecular weight excluding hydrogens is 128 g/mol. The van der Waals surface area contributed by atoms with Crippen LogP contribution in [0.5, 0.6) is 0 Å². The second-order valence-corrected chi connectivity index (χ2v) is 1.79. The summed E-state index contributed by atoms with van der Waals surface area (Å²) >= 11 is 0. The highest BCUT2D eigenvalue weighted by molar-refractivity contribution is 5.62. The smallest absolute Gasteiger partial charge is 0.171 e. The van der Waals surface area contributed by atoms with Crippen molar-refractivity contribution in [1.29, 1.82) is 0 Å². The average molecular weight is 138 g/mol. The van der Waals surface area contributed by atoms with Gasteiger partial charge in [-0.3, -0.25) is 0 Å². The average Bonchev–Trinajstić information content (AvgIpc) is 2.04. The zero-order chi connectivity index (χ0) is 7.40. The maximum absolute atomic E-state index is 3.84. The maximum atomic E-state index is 3.84. The second-order valence-electron chi connectivity index (χ2n) is 1.79. The molecule has 2 N–H and O–H groups in total. The van der Waals surface area contributed by atoms with Crippen molar-refractivity contribution in [2.24, 2.45) is 0 Å². The maximum Gasteiger partial charge on any atom is 0.171 e. The van der Waals surface area contributed by atoms with Crippen LogP contribution in [0.2, 0.25) is 0 Å². The number of aromatic nitrogens is 2. The van der Waals surface area contributed by atoms with Crippen molar-refractivity contribution < 1.29 is 0 Å². The van der Waals surface area contributed by atoms with Gasteiger partial charge in [-0.15, -0.1) is 5.10 Å². The summed E-state index contributed by atoms with van der Waals surface area (Å²) < 4.78 is 0. The van der Waals surface area contributed by atoms with Crippen molar-refractivity contribution in [3.63, 3.8) is 0 Å². The van der Waals surface area contributed by atoms with Gasteiger partial charge in [-0.25, -0.2) is 0 Å². The molecule has 0 saturated heterocycles. The number of hydrogen-bond acceptors (Lipinski definition) is 4. The first-order chi connectivity index (χ1) is 4.88. The minimum atomic E-state index is 0.769. The lowest BCUT2D eigenvalue weighted by molar-refractivity contribution is 1.03. The fourth-order valence-electron chi connectivity index (χ4n) is 0.718. The summed E-state index contributed by atoms with van der Waals surface area (Å²) in [5.74, 6) is 0.769. The number of nitrogens with zero attached hydrogens (tertiary/aromatic N) is 2. The van der Waals surface area contributed by atoms with Crippen molar-refractivity contribution in [2.45, 2.75) is 0 Å². The van der Waals surface area contributed by atoms with E-state index in [4.69, 9.17) is 0 Å². The highest BCUT2D eigenvalue weighted by Gasteiger charge is 1.96. The molecular formula is C6H10N4. The molecule has 0 unspecified atom stereocenters. The van der Waals surface area contributed by atoms with Gasteiger partial charge in [-0.1, -0.05) is 0 Å². The lowest BCUT2D eigenvalue weighted by atomic mass is 10.4. The van der Waals surface area contributed by atoms with E-state index in [2.05, 4.69) is 20.8 Å². The van der Waals surface area contributed by atoms with Crippen molar-refractivity contribution >= 4 is 11.5 Å². The predicted octanol–water partition coefficient (Wildman–Crippen LogP) is 0.560. The third-order valence-electron chi connectivity index (χ3n) is 1.23. The van der Waals surface area contributed by atoms with E-state index < -0.39 is 0 Å². The van der Waals surface area contributed by atoms with Gasteiger partial charge in [0.15, 0.2) is 5.82 Å². The SMILES string of the molecule is CNc1ccnnc1NC. The molecule has 1 aromatic heterocycles. The van der Waals surface area contributed by atoms with Gasteiger partial charge < -0.3 is 10.6 Å². The van der Waals surface area contributed by atoms with Crippen LogP contribution < -0.4 is 10.6 Å². The molecule has 10 heavy (non-hydrogen) atoms. The highest BCUT2D eigenvalue weighted by atomic mass is 15.2. The third-order valence-corrected chi connectivity index (χ3v) is 1.23. The number of rotatable bonds is 2. The molecule has 0 aliphatic carbocycles. The minimum absolute atomic E-state index is 0.769. The molecule has 54 valence electrons. The molecule has 1 rings (SSSR count). The zero-order valence-corrected chi connectivity index (χ0v) is 6.05. The molecule has 0 aliphatic heterocycles. The Labute approximate surface area is 59.7 Å². The standard InChI is InChI=1S/C6H10N4/c1-7-5-3-4-9-10-6(5)8-2/h3-4H,1-2H3,(H,7,9)(H,8,10). The van der Waals surface area contributed by atoms with Crippen LogP contribution in [0.1, 0.15) is 0 Å². The van der Waals surface area contributed by atoms with Gasteiger partial charge in [0.2, 0.25) is 0 Å². The molecule has 0 radical (unpaired) electrons. The highest BCUT2D eigenvalue weighted by Crippen LogP contribution is 2.13. The van der Waals surface area contributed by atoms with E-state index in [0.29, 0.717) is 0 Å². The Morgan fingerprint density at radius 3 is 2.60 bits per heavy atom. The van der Waals surface area contributed by atoms with Crippen LogP contribution in [-0.4, -0.2) is 24.3 Å². The third kappa shape index (κ3) is 1.15. The summed E-state index contributed by atoms with van der Waals surface area (Å²) in [6, 6.07) is 1.86. The van der Waals surface area contributed by atoms with Crippen molar-refractivity contribution in [2.75, 3.05) is 24.7 Å². The Morgan fingerprint density at radius 2 is 2.10 bits per heavy atom. The molecule has 0 amide bonds. The van der Waals surface area contributed by atoms with E-state index in [1.54, 1.807) is 6.20 Å². The van der Waals surface area contributed by atoms with E-state index in [1.165, 1.54) is 0 Å². The van der Waals surface area contributed by atoms with Crippen LogP contribution in [0.15, 0.2) is 12.3 Å². The van der Waals surface area contributed by atoms with Crippen LogP contribution in [0, 0.1) is 0 Å². The Balaban J connectivity index is 2.96. The zero-order valence-electron chi connectivity index (χ0n) is 6.05. The second kappa shape index (κ2) is 3.00. The summed E-state index contributed by atoms with van der Waals surface area (Å²) in [5, 5.41) is 13.4. The van der Waals surface area contributed by atoms with Crippen LogP contribution in [0.3, 0.4) is 0 Å². The molecule has 0 spiro atoms. The molecule has 0 aromatic carbocycles. The van der Waals surface area contributed by atoms with Crippen LogP contribution >= 0.6 is 0 Å². The Kier molecular flexibility index (Phi) is 2.04. The molecule has 0 atom stereocenters. The lowest BCUT2D eigenvalue weighted by Crippen LogP contribution is -1.99. The summed E-state index contributed by atoms with van der Waals surface area (Å²) in [5.41, 5.74) is 0.956. The molecule has 0 fully saturated rings. The normalized spacial score (nSPS) is 9.00. The largest absolute Gasteiger partial charge is 0.385 e. The minimum Gasteiger partial charge on any atom is -0.385 e. The Bertz CT molecular complexity index is 188. The monoisotopic (exact) mass is 138 g/mol. The number of hydrogen-bond donors (Lipinski definition) is 2. The molecule has 1 aromatic rings. The number of nitrogens with one attached hydrogen (secondary N) is 2. The van der Waals surface area contributed by atoms with Gasteiger partial charge in [0, 0.05) is 14.1 Å². The van der Waals surface area contributed by atoms with E-state index in [-0.39, 0.29) is 0 Å². The first-order valence-corrected chi connectivity index (χ1v) is 3.05. The van der Waals surface area contributed by atoms with Crippen LogP contribution in [0.25, 0.3) is 0 Å². The van der Waals surface area contributed by atoms with Crippen LogP contribution in [-0.2, 0) is 0 Å². The van der Waals surface area contributed by atoms with E-state index >= 15 is 0 Å². The molecule has 4 nitrogen and oxygen atoms in total. The number of anilines is 2. The van der Waals surface area contributed by atoms with Gasteiger partial charge in [0.05, 0.1) is 11.9 Å². The molecule has 0 bridgehead atoms. The van der Waals surface area contributed by atoms with Crippen molar-refractivity contribution in [3.8, 4) is 0 Å². The Hall–Kier alpha value is -1.32. The van der Waals surface area contributed by atoms with E-state index in [0.717, 1.165) is 11.5 Å². The van der Waals surface area contributed by atoms with E-state index in [1.807, 2.05) is 20.2 Å². The van der Waals surface area contributed by atoms with Crippen LogP contribution in [0.4, 0.5) is 11.5 Å². The lowest BCUT2D eigenvalue weighted by Gasteiger charge is -2.03. The summed E-state index contributed by atoms with van der Waals surface area (Å²) in [7, 11) is 3.66. The van der Waals surface area contributed by atoms with E-state index in [9.17, 15) is 0 Å². The van der Waals surface area contributed by atoms with Gasteiger partial charge in [0.1, 0.15) is 0 Å². The fourth-order valence-corrected chi connectivity index (χ4v) is 0.718. The van der Waals surface area contributed by atoms with Gasteiger partial charge in [-0.2, -0.15) is 5.10 Å². The molecule has 1 heterocycles. The van der Waals surface area contributed by atoms with Crippen molar-refractivity contribution in [3.05, 3.63) is 12.3 Å². The summed E-state index contributed by atoms with van der Waals surface area (Å²) in [4.78, 5) is 0. The predicted molar refractivity (Wildman–Crippen MR) is 41.1 cm³/mol. The van der Waals surface area contributed by atoms with Gasteiger partial charge in [0.25, 0.3) is 0 Å². The first-order valence-electron chi connectivity index (χ1n) is 3.05. The summed E-state index contributed by atoms with van der Waals surface area (Å²) in [6.45, 7) is 0. The van der Waals surface area contributed by atoms with Gasteiger partial charge in [-0.05, 0) is 6.07 Å². The molecule has 0 aliphatic rings.